The Morgan fingerprint density at radius 3 is 1.46 bits per heavy atom. The molecule has 7 N–H and O–H groups in total. The highest BCUT2D eigenvalue weighted by molar-refractivity contribution is 5.70. The Balaban J connectivity index is 1.79. The highest BCUT2D eigenvalue weighted by atomic mass is 16.7. The lowest BCUT2D eigenvalue weighted by atomic mass is 9.98. The molecule has 2 rings (SSSR count). The lowest BCUT2D eigenvalue weighted by Crippen LogP contribution is -2.61. The minimum atomic E-state index is -1.77. The van der Waals surface area contributed by atoms with Gasteiger partial charge in [-0.3, -0.25) is 9.59 Å². The predicted octanol–water partition coefficient (Wildman–Crippen LogP) is 7.27. The fraction of sp³-hybridized carbons (Fsp3) is 0.774. The Bertz CT molecular complexity index is 1420. The molecule has 0 radical (unpaired) electrons. The number of hydrogen-bond acceptors (Lipinski definition) is 15. The van der Waals surface area contributed by atoms with Crippen LogP contribution in [0.2, 0.25) is 0 Å². The van der Waals surface area contributed by atoms with Crippen LogP contribution in [-0.2, 0) is 38.0 Å². The molecule has 392 valence electrons. The molecule has 2 aliphatic heterocycles. The van der Waals surface area contributed by atoms with Gasteiger partial charge in [0.25, 0.3) is 0 Å². The molecule has 15 nitrogen and oxygen atoms in total. The second-order valence-electron chi connectivity index (χ2n) is 18.1. The van der Waals surface area contributed by atoms with Gasteiger partial charge in [0.2, 0.25) is 0 Å². The smallest absolute Gasteiger partial charge is 0.306 e. The molecule has 5 unspecified atom stereocenters. The normalized spacial score (nSPS) is 26.2. The number of allylic oxidation sites excluding steroid dienone is 10. The van der Waals surface area contributed by atoms with Crippen LogP contribution in [0.4, 0.5) is 0 Å². The summed E-state index contributed by atoms with van der Waals surface area (Å²) in [5, 5.41) is 72.1. The lowest BCUT2D eigenvalue weighted by Gasteiger charge is -2.42. The zero-order valence-corrected chi connectivity index (χ0v) is 41.3. The van der Waals surface area contributed by atoms with E-state index in [0.29, 0.717) is 12.8 Å². The van der Waals surface area contributed by atoms with Gasteiger partial charge in [-0.1, -0.05) is 158 Å². The highest BCUT2D eigenvalue weighted by Crippen LogP contribution is 2.26. The van der Waals surface area contributed by atoms with Crippen LogP contribution in [0.3, 0.4) is 0 Å². The molecule has 0 bridgehead atoms. The Labute approximate surface area is 407 Å². The SMILES string of the molecule is CC/C=C/C=C/C=C/CCCCCCCC(=O)OC(COC(=O)CCCCCCCCCCCC/C=C/C=C/CCCCC)CO[C@@H]1O[C@H](CO[C@@H]2O[C@H](CO)[C@H](O)C(O)C2O)[C@H](O)C(O)C1O. The van der Waals surface area contributed by atoms with Gasteiger partial charge in [0.1, 0.15) is 55.4 Å². The topological polar surface area (TPSA) is 231 Å². The standard InChI is InChI=1S/C53H90O15/c1-3-5-7-9-11-13-15-17-18-19-20-21-22-24-25-27-29-31-33-35-44(55)63-38-41(66-45(56)36-34-32-30-28-26-23-16-14-12-10-8-6-4-2)39-64-52-51(62)49(60)47(58)43(68-52)40-65-53-50(61)48(59)46(57)42(37-54)67-53/h6,8,10-17,41-43,46-54,57-62H,3-5,7,9,18-40H2,1-2H3/b8-6+,12-10+,13-11+,16-14+,17-15+/t41?,42-,43-,46+,47+,48?,49?,50?,51?,52-,53-/m1/s1. The molecule has 2 aliphatic rings. The summed E-state index contributed by atoms with van der Waals surface area (Å²) >= 11 is 0. The van der Waals surface area contributed by atoms with Crippen molar-refractivity contribution >= 4 is 11.9 Å². The van der Waals surface area contributed by atoms with E-state index in [9.17, 15) is 45.3 Å². The van der Waals surface area contributed by atoms with Crippen LogP contribution in [0.5, 0.6) is 0 Å². The van der Waals surface area contributed by atoms with Gasteiger partial charge < -0.3 is 64.2 Å². The van der Waals surface area contributed by atoms with Gasteiger partial charge in [0.05, 0.1) is 19.8 Å². The van der Waals surface area contributed by atoms with E-state index < -0.39 is 99.3 Å². The van der Waals surface area contributed by atoms with Crippen LogP contribution in [-0.4, -0.2) is 142 Å². The minimum absolute atomic E-state index is 0.139. The number of rotatable bonds is 39. The van der Waals surface area contributed by atoms with Crippen molar-refractivity contribution in [3.8, 4) is 0 Å². The maximum absolute atomic E-state index is 13.0. The monoisotopic (exact) mass is 967 g/mol. The van der Waals surface area contributed by atoms with Gasteiger partial charge in [-0.05, 0) is 57.8 Å². The molecule has 2 saturated heterocycles. The van der Waals surface area contributed by atoms with Crippen LogP contribution in [0.1, 0.15) is 168 Å². The van der Waals surface area contributed by atoms with Crippen LogP contribution in [0.25, 0.3) is 0 Å². The summed E-state index contributed by atoms with van der Waals surface area (Å²) in [6, 6.07) is 0. The number of aliphatic hydroxyl groups excluding tert-OH is 7. The van der Waals surface area contributed by atoms with Gasteiger partial charge in [-0.15, -0.1) is 0 Å². The molecule has 0 spiro atoms. The number of ether oxygens (including phenoxy) is 6. The van der Waals surface area contributed by atoms with E-state index in [1.165, 1.54) is 57.8 Å². The number of esters is 2. The maximum atomic E-state index is 13.0. The van der Waals surface area contributed by atoms with Gasteiger partial charge in [-0.2, -0.15) is 0 Å². The summed E-state index contributed by atoms with van der Waals surface area (Å²) in [6.45, 7) is 2.39. The quantitative estimate of drug-likeness (QED) is 0.0183. The van der Waals surface area contributed by atoms with Crippen molar-refractivity contribution in [1.29, 1.82) is 0 Å². The zero-order chi connectivity index (χ0) is 49.6. The number of unbranched alkanes of at least 4 members (excludes halogenated alkanes) is 18. The van der Waals surface area contributed by atoms with E-state index in [4.69, 9.17) is 28.4 Å². The third-order valence-electron chi connectivity index (χ3n) is 12.1. The van der Waals surface area contributed by atoms with Gasteiger partial charge in [0.15, 0.2) is 18.7 Å². The van der Waals surface area contributed by atoms with E-state index in [2.05, 4.69) is 50.3 Å². The molecule has 0 aromatic carbocycles. The maximum Gasteiger partial charge on any atom is 0.306 e. The third kappa shape index (κ3) is 27.6. The molecular formula is C53H90O15. The molecule has 68 heavy (non-hydrogen) atoms. The van der Waals surface area contributed by atoms with Crippen molar-refractivity contribution in [2.75, 3.05) is 26.4 Å². The number of aliphatic hydroxyl groups is 7. The molecule has 0 aromatic rings. The highest BCUT2D eigenvalue weighted by Gasteiger charge is 2.47. The summed E-state index contributed by atoms with van der Waals surface area (Å²) in [4.78, 5) is 25.8. The Kier molecular flexibility index (Phi) is 36.0. The number of carbonyl (C=O) groups is 2. The first-order valence-electron chi connectivity index (χ1n) is 25.9. The largest absolute Gasteiger partial charge is 0.462 e. The van der Waals surface area contributed by atoms with Crippen molar-refractivity contribution in [2.24, 2.45) is 0 Å². The molecule has 0 aromatic heterocycles. The van der Waals surface area contributed by atoms with E-state index in [0.717, 1.165) is 70.6 Å². The molecule has 15 heteroatoms. The fourth-order valence-electron chi connectivity index (χ4n) is 7.80. The van der Waals surface area contributed by atoms with Gasteiger partial charge in [-0.25, -0.2) is 0 Å². The van der Waals surface area contributed by atoms with E-state index >= 15 is 0 Å². The average molecular weight is 967 g/mol. The van der Waals surface area contributed by atoms with Crippen molar-refractivity contribution in [3.63, 3.8) is 0 Å². The Hall–Kier alpha value is -2.80. The second-order valence-corrected chi connectivity index (χ2v) is 18.1. The van der Waals surface area contributed by atoms with Gasteiger partial charge in [0, 0.05) is 12.8 Å². The minimum Gasteiger partial charge on any atom is -0.462 e. The fourth-order valence-corrected chi connectivity index (χ4v) is 7.80. The van der Waals surface area contributed by atoms with Crippen LogP contribution < -0.4 is 0 Å². The van der Waals surface area contributed by atoms with Crippen LogP contribution in [0, 0.1) is 0 Å². The molecular weight excluding hydrogens is 877 g/mol. The average Bonchev–Trinajstić information content (AvgIpc) is 3.33. The Morgan fingerprint density at radius 2 is 0.926 bits per heavy atom. The number of hydrogen-bond donors (Lipinski definition) is 7. The van der Waals surface area contributed by atoms with Crippen LogP contribution in [0.15, 0.2) is 60.8 Å². The first kappa shape index (κ1) is 61.3. The molecule has 0 aliphatic carbocycles. The molecule has 2 fully saturated rings. The van der Waals surface area contributed by atoms with Crippen molar-refractivity contribution in [1.82, 2.24) is 0 Å². The summed E-state index contributed by atoms with van der Waals surface area (Å²) < 4.78 is 33.5. The summed E-state index contributed by atoms with van der Waals surface area (Å²) in [6.07, 6.45) is 28.2. The van der Waals surface area contributed by atoms with Crippen molar-refractivity contribution in [2.45, 2.75) is 235 Å². The lowest BCUT2D eigenvalue weighted by molar-refractivity contribution is -0.332. The Morgan fingerprint density at radius 1 is 0.485 bits per heavy atom. The van der Waals surface area contributed by atoms with Crippen LogP contribution >= 0.6 is 0 Å². The van der Waals surface area contributed by atoms with E-state index in [1.807, 2.05) is 24.3 Å². The summed E-state index contributed by atoms with van der Waals surface area (Å²) in [5.74, 6) is -0.956. The first-order valence-corrected chi connectivity index (χ1v) is 25.9. The molecule has 11 atom stereocenters. The van der Waals surface area contributed by atoms with E-state index in [1.54, 1.807) is 0 Å². The predicted molar refractivity (Wildman–Crippen MR) is 261 cm³/mol. The summed E-state index contributed by atoms with van der Waals surface area (Å²) in [5.41, 5.74) is 0. The zero-order valence-electron chi connectivity index (χ0n) is 41.3. The molecule has 2 heterocycles. The van der Waals surface area contributed by atoms with Crippen molar-refractivity contribution < 1.29 is 73.8 Å². The van der Waals surface area contributed by atoms with Crippen molar-refractivity contribution in [3.05, 3.63) is 60.8 Å². The second kappa shape index (κ2) is 39.9. The third-order valence-corrected chi connectivity index (χ3v) is 12.1. The van der Waals surface area contributed by atoms with Gasteiger partial charge >= 0.3 is 11.9 Å². The first-order chi connectivity index (χ1) is 33.0. The molecule has 0 amide bonds. The number of carbonyl (C=O) groups excluding carboxylic acids is 2. The molecule has 0 saturated carbocycles. The van der Waals surface area contributed by atoms with E-state index in [-0.39, 0.29) is 19.4 Å². The summed E-state index contributed by atoms with van der Waals surface area (Å²) in [7, 11) is 0.